The van der Waals surface area contributed by atoms with Gasteiger partial charge in [-0.15, -0.1) is 0 Å². The largest absolute Gasteiger partial charge is 0.313 e. The molecule has 0 heterocycles. The van der Waals surface area contributed by atoms with Gasteiger partial charge in [0.1, 0.15) is 0 Å². The van der Waals surface area contributed by atoms with Crippen LogP contribution in [0.3, 0.4) is 0 Å². The SMILES string of the molecule is CCCS(=O)C1CC(C(C)(C)C)CCC1NCC. The summed E-state index contributed by atoms with van der Waals surface area (Å²) in [5.74, 6) is 1.59. The minimum Gasteiger partial charge on any atom is -0.313 e. The number of hydrogen-bond donors (Lipinski definition) is 1. The topological polar surface area (TPSA) is 29.1 Å². The molecule has 0 radical (unpaired) electrons. The van der Waals surface area contributed by atoms with Gasteiger partial charge < -0.3 is 5.32 Å². The molecule has 1 saturated carbocycles. The first-order valence-electron chi connectivity index (χ1n) is 7.50. The summed E-state index contributed by atoms with van der Waals surface area (Å²) in [7, 11) is -0.656. The molecule has 0 aromatic rings. The maximum atomic E-state index is 12.4. The Hall–Kier alpha value is 0.110. The molecular formula is C15H31NOS. The van der Waals surface area contributed by atoms with E-state index >= 15 is 0 Å². The van der Waals surface area contributed by atoms with Crippen LogP contribution in [0.25, 0.3) is 0 Å². The molecule has 2 nitrogen and oxygen atoms in total. The maximum Gasteiger partial charge on any atom is 0.0504 e. The molecule has 0 aromatic heterocycles. The van der Waals surface area contributed by atoms with Crippen LogP contribution in [0.1, 0.15) is 60.3 Å². The summed E-state index contributed by atoms with van der Waals surface area (Å²) in [4.78, 5) is 0. The minimum absolute atomic E-state index is 0.353. The van der Waals surface area contributed by atoms with Crippen LogP contribution in [0.2, 0.25) is 0 Å². The first-order chi connectivity index (χ1) is 8.40. The molecule has 4 unspecified atom stereocenters. The van der Waals surface area contributed by atoms with E-state index in [0.717, 1.165) is 31.1 Å². The highest BCUT2D eigenvalue weighted by Crippen LogP contribution is 2.39. The lowest BCUT2D eigenvalue weighted by Gasteiger charge is -2.41. The molecule has 1 aliphatic carbocycles. The van der Waals surface area contributed by atoms with Gasteiger partial charge in [0, 0.05) is 22.6 Å². The predicted octanol–water partition coefficient (Wildman–Crippen LogP) is 3.34. The van der Waals surface area contributed by atoms with Crippen molar-refractivity contribution in [1.82, 2.24) is 5.32 Å². The van der Waals surface area contributed by atoms with Crippen LogP contribution in [0.4, 0.5) is 0 Å². The third-order valence-electron chi connectivity index (χ3n) is 4.23. The van der Waals surface area contributed by atoms with Gasteiger partial charge in [-0.25, -0.2) is 0 Å². The lowest BCUT2D eigenvalue weighted by molar-refractivity contribution is 0.164. The molecule has 108 valence electrons. The van der Waals surface area contributed by atoms with Gasteiger partial charge >= 0.3 is 0 Å². The van der Waals surface area contributed by atoms with Crippen molar-refractivity contribution in [3.05, 3.63) is 0 Å². The average Bonchev–Trinajstić information content (AvgIpc) is 2.28. The zero-order chi connectivity index (χ0) is 13.8. The lowest BCUT2D eigenvalue weighted by Crippen LogP contribution is -2.48. The molecule has 0 saturated heterocycles. The lowest BCUT2D eigenvalue weighted by atomic mass is 9.71. The Kier molecular flexibility index (Phi) is 6.32. The highest BCUT2D eigenvalue weighted by atomic mass is 32.2. The Labute approximate surface area is 116 Å². The molecule has 18 heavy (non-hydrogen) atoms. The van der Waals surface area contributed by atoms with E-state index in [1.54, 1.807) is 0 Å². The highest BCUT2D eigenvalue weighted by molar-refractivity contribution is 7.85. The van der Waals surface area contributed by atoms with Crippen LogP contribution < -0.4 is 5.32 Å². The average molecular weight is 273 g/mol. The number of rotatable bonds is 5. The van der Waals surface area contributed by atoms with Gasteiger partial charge in [-0.3, -0.25) is 4.21 Å². The molecule has 1 rings (SSSR count). The molecule has 1 N–H and O–H groups in total. The summed E-state index contributed by atoms with van der Waals surface area (Å²) in [5.41, 5.74) is 0.353. The standard InChI is InChI=1S/C15H31NOS/c1-6-10-18(17)14-11-12(15(3,4)5)8-9-13(14)16-7-2/h12-14,16H,6-11H2,1-5H3. The second kappa shape index (κ2) is 7.04. The van der Waals surface area contributed by atoms with E-state index in [2.05, 4.69) is 39.9 Å². The fourth-order valence-corrected chi connectivity index (χ4v) is 4.81. The zero-order valence-electron chi connectivity index (χ0n) is 12.8. The van der Waals surface area contributed by atoms with Gasteiger partial charge in [0.25, 0.3) is 0 Å². The Balaban J connectivity index is 2.73. The summed E-state index contributed by atoms with van der Waals surface area (Å²) in [6.45, 7) is 12.2. The van der Waals surface area contributed by atoms with Gasteiger partial charge in [-0.05, 0) is 43.6 Å². The summed E-state index contributed by atoms with van der Waals surface area (Å²) in [5, 5.41) is 3.92. The summed E-state index contributed by atoms with van der Waals surface area (Å²) < 4.78 is 12.4. The molecule has 0 aliphatic heterocycles. The second-order valence-corrected chi connectivity index (χ2v) is 8.44. The summed E-state index contributed by atoms with van der Waals surface area (Å²) in [6, 6.07) is 0.473. The van der Waals surface area contributed by atoms with Crippen LogP contribution >= 0.6 is 0 Å². The molecule has 0 spiro atoms. The van der Waals surface area contributed by atoms with Crippen molar-refractivity contribution < 1.29 is 4.21 Å². The van der Waals surface area contributed by atoms with Gasteiger partial charge in [-0.2, -0.15) is 0 Å². The van der Waals surface area contributed by atoms with Crippen LogP contribution in [0.15, 0.2) is 0 Å². The molecule has 1 aliphatic rings. The molecule has 0 aromatic carbocycles. The van der Waals surface area contributed by atoms with Crippen molar-refractivity contribution >= 4 is 10.8 Å². The fourth-order valence-electron chi connectivity index (χ4n) is 3.05. The first-order valence-corrected chi connectivity index (χ1v) is 8.88. The van der Waals surface area contributed by atoms with Crippen LogP contribution in [0, 0.1) is 11.3 Å². The third-order valence-corrected chi connectivity index (χ3v) is 6.23. The summed E-state index contributed by atoms with van der Waals surface area (Å²) in [6.07, 6.45) is 4.63. The quantitative estimate of drug-likeness (QED) is 0.832. The molecular weight excluding hydrogens is 242 g/mol. The Morgan fingerprint density at radius 3 is 2.39 bits per heavy atom. The van der Waals surface area contributed by atoms with Crippen LogP contribution in [-0.2, 0) is 10.8 Å². The Morgan fingerprint density at radius 1 is 1.22 bits per heavy atom. The van der Waals surface area contributed by atoms with Gasteiger partial charge in [0.2, 0.25) is 0 Å². The van der Waals surface area contributed by atoms with E-state index in [-0.39, 0.29) is 0 Å². The van der Waals surface area contributed by atoms with Crippen LogP contribution in [0.5, 0.6) is 0 Å². The van der Waals surface area contributed by atoms with Crippen molar-refractivity contribution in [2.75, 3.05) is 12.3 Å². The third kappa shape index (κ3) is 4.34. The van der Waals surface area contributed by atoms with Gasteiger partial charge in [0.05, 0.1) is 5.25 Å². The molecule has 4 atom stereocenters. The monoisotopic (exact) mass is 273 g/mol. The molecule has 0 amide bonds. The molecule has 0 bridgehead atoms. The second-order valence-electron chi connectivity index (χ2n) is 6.66. The van der Waals surface area contributed by atoms with E-state index in [1.165, 1.54) is 12.8 Å². The Morgan fingerprint density at radius 2 is 1.89 bits per heavy atom. The van der Waals surface area contributed by atoms with E-state index < -0.39 is 10.8 Å². The number of nitrogens with one attached hydrogen (secondary N) is 1. The fraction of sp³-hybridized carbons (Fsp3) is 1.00. The van der Waals surface area contributed by atoms with Crippen molar-refractivity contribution in [3.63, 3.8) is 0 Å². The minimum atomic E-state index is -0.656. The first kappa shape index (κ1) is 16.2. The Bertz CT molecular complexity index is 272. The highest BCUT2D eigenvalue weighted by Gasteiger charge is 2.37. The van der Waals surface area contributed by atoms with E-state index in [4.69, 9.17) is 0 Å². The normalized spacial score (nSPS) is 31.3. The molecule has 1 fully saturated rings. The predicted molar refractivity (Wildman–Crippen MR) is 81.3 cm³/mol. The van der Waals surface area contributed by atoms with Crippen molar-refractivity contribution in [3.8, 4) is 0 Å². The molecule has 3 heteroatoms. The van der Waals surface area contributed by atoms with Gasteiger partial charge in [0.15, 0.2) is 0 Å². The zero-order valence-corrected chi connectivity index (χ0v) is 13.6. The maximum absolute atomic E-state index is 12.4. The van der Waals surface area contributed by atoms with Crippen molar-refractivity contribution in [2.24, 2.45) is 11.3 Å². The number of hydrogen-bond acceptors (Lipinski definition) is 2. The van der Waals surface area contributed by atoms with Crippen molar-refractivity contribution in [1.29, 1.82) is 0 Å². The van der Waals surface area contributed by atoms with Crippen LogP contribution in [-0.4, -0.2) is 27.8 Å². The smallest absolute Gasteiger partial charge is 0.0504 e. The van der Waals surface area contributed by atoms with Crippen molar-refractivity contribution in [2.45, 2.75) is 71.6 Å². The van der Waals surface area contributed by atoms with E-state index in [9.17, 15) is 4.21 Å². The summed E-state index contributed by atoms with van der Waals surface area (Å²) >= 11 is 0. The van der Waals surface area contributed by atoms with Gasteiger partial charge in [-0.1, -0.05) is 34.6 Å². The van der Waals surface area contributed by atoms with E-state index in [0.29, 0.717) is 16.7 Å². The van der Waals surface area contributed by atoms with E-state index in [1.807, 2.05) is 0 Å².